The Hall–Kier alpha value is -2.76. The van der Waals surface area contributed by atoms with E-state index in [1.54, 1.807) is 13.8 Å². The molecule has 1 N–H and O–H groups in total. The smallest absolute Gasteiger partial charge is 0.454 e. The van der Waals surface area contributed by atoms with E-state index in [9.17, 15) is 18.0 Å². The van der Waals surface area contributed by atoms with Crippen LogP contribution in [0.1, 0.15) is 72.9 Å². The van der Waals surface area contributed by atoms with Crippen molar-refractivity contribution in [2.24, 2.45) is 11.3 Å². The summed E-state index contributed by atoms with van der Waals surface area (Å²) in [5.74, 6) is -2.54. The molecule has 0 spiro atoms. The Morgan fingerprint density at radius 3 is 2.24 bits per heavy atom. The summed E-state index contributed by atoms with van der Waals surface area (Å²) in [5.41, 5.74) is 5.37. The molecule has 0 unspecified atom stereocenters. The number of aromatic nitrogens is 1. The molecule has 8 heteroatoms. The number of hydrogen-bond donors (Lipinski definition) is 1. The maximum atomic E-state index is 11.6. The van der Waals surface area contributed by atoms with Crippen LogP contribution in [-0.2, 0) is 36.7 Å². The van der Waals surface area contributed by atoms with Gasteiger partial charge >= 0.3 is 204 Å². The minimum absolute atomic E-state index is 0. The van der Waals surface area contributed by atoms with Crippen molar-refractivity contribution in [3.63, 3.8) is 0 Å². The van der Waals surface area contributed by atoms with Crippen molar-refractivity contribution in [3.8, 4) is 11.3 Å². The number of aliphatic hydroxyl groups excluding tert-OH is 1. The van der Waals surface area contributed by atoms with E-state index >= 15 is 0 Å². The monoisotopic (exact) mass is 873 g/mol. The fourth-order valence-corrected chi connectivity index (χ4v) is 8.01. The third-order valence-electron chi connectivity index (χ3n) is 7.22. The minimum Gasteiger partial charge on any atom is -0.512 e. The van der Waals surface area contributed by atoms with Gasteiger partial charge in [-0.05, 0) is 5.92 Å². The summed E-state index contributed by atoms with van der Waals surface area (Å²) in [4.78, 5) is 15.2. The Morgan fingerprint density at radius 1 is 0.957 bits per heavy atom. The third-order valence-corrected chi connectivity index (χ3v) is 9.69. The summed E-state index contributed by atoms with van der Waals surface area (Å²) < 4.78 is 37.8. The molecule has 0 bridgehead atoms. The number of fused-ring (bicyclic) bond motifs is 4. The Kier molecular flexibility index (Phi) is 11.9. The zero-order chi connectivity index (χ0) is 33.3. The second kappa shape index (κ2) is 14.6. The van der Waals surface area contributed by atoms with E-state index < -0.39 is 17.7 Å². The Balaban J connectivity index is 0.000000352. The molecule has 0 amide bonds. The number of nitrogens with zero attached hydrogens (tertiary/aromatic N) is 1. The first kappa shape index (κ1) is 37.7. The van der Waals surface area contributed by atoms with Crippen LogP contribution in [0, 0.1) is 17.4 Å². The number of carbonyl (C=O) groups excluding carboxylic acids is 1. The zero-order valence-corrected chi connectivity index (χ0v) is 31.6. The van der Waals surface area contributed by atoms with E-state index in [0.717, 1.165) is 17.7 Å². The number of allylic oxidation sites excluding steroid dienone is 2. The average molecular weight is 872 g/mol. The largest absolute Gasteiger partial charge is 0.512 e. The van der Waals surface area contributed by atoms with Crippen molar-refractivity contribution < 1.29 is 43.2 Å². The number of pyridine rings is 1. The summed E-state index contributed by atoms with van der Waals surface area (Å²) in [6.07, 6.45) is -1.53. The van der Waals surface area contributed by atoms with Crippen LogP contribution in [0.5, 0.6) is 0 Å². The predicted molar refractivity (Wildman–Crippen MR) is 181 cm³/mol. The number of rotatable bonds is 5. The molecule has 1 radical (unpaired) electrons. The first-order chi connectivity index (χ1) is 20.8. The molecule has 2 heterocycles. The van der Waals surface area contributed by atoms with Crippen LogP contribution in [0.25, 0.3) is 41.3 Å². The summed E-state index contributed by atoms with van der Waals surface area (Å²) in [7, 11) is 0. The molecule has 5 rings (SSSR count). The van der Waals surface area contributed by atoms with E-state index in [1.165, 1.54) is 41.2 Å². The number of ketones is 1. The summed E-state index contributed by atoms with van der Waals surface area (Å²) in [5, 5.41) is 14.1. The molecule has 3 aromatic carbocycles. The van der Waals surface area contributed by atoms with Gasteiger partial charge in [0.05, 0.1) is 5.76 Å². The van der Waals surface area contributed by atoms with Crippen molar-refractivity contribution in [1.29, 1.82) is 0 Å². The van der Waals surface area contributed by atoms with Crippen LogP contribution in [0.15, 0.2) is 72.6 Å². The van der Waals surface area contributed by atoms with Crippen LogP contribution < -0.4 is 0 Å². The van der Waals surface area contributed by atoms with Gasteiger partial charge in [0.2, 0.25) is 0 Å². The standard InChI is InChI=1S/C30H30NSe.C8H11F3O2.Ir/c1-29(2,3)18-19-11-12-23-24-13-14-31-27(28(24)32-26(23)15-19)21-16-20-9-7-8-10-22(20)25(17-21)30(4,5)6;1-5(2)3-6(12)4-7(13)8(9,10)11;/h7-15,17H,18H2,1-6H3;4-5,12H,3H2,1-2H3;/q-1;;/b;6-4-;. The maximum Gasteiger partial charge on any atom is 0.454 e. The van der Waals surface area contributed by atoms with E-state index in [1.807, 2.05) is 6.20 Å². The molecular weight excluding hydrogens is 831 g/mol. The molecule has 3 nitrogen and oxygen atoms in total. The zero-order valence-electron chi connectivity index (χ0n) is 27.5. The van der Waals surface area contributed by atoms with Crippen LogP contribution >= 0.6 is 0 Å². The second-order valence-electron chi connectivity index (χ2n) is 14.2. The van der Waals surface area contributed by atoms with Crippen LogP contribution in [0.4, 0.5) is 13.2 Å². The molecule has 0 aliphatic rings. The topological polar surface area (TPSA) is 50.2 Å². The van der Waals surface area contributed by atoms with Gasteiger partial charge < -0.3 is 5.11 Å². The molecule has 247 valence electrons. The maximum absolute atomic E-state index is 11.6. The van der Waals surface area contributed by atoms with Gasteiger partial charge in [-0.1, -0.05) is 13.8 Å². The Morgan fingerprint density at radius 2 is 1.63 bits per heavy atom. The molecule has 0 aliphatic heterocycles. The first-order valence-electron chi connectivity index (χ1n) is 15.1. The third kappa shape index (κ3) is 9.41. The SMILES string of the molecule is CC(C)(C)Cc1ccc2c(c1)[se]c1c(-c3[c-]c4ccccc4c(C(C)(C)C)c3)nccc12.CC(C)C/C(O)=C/C(=O)C(F)(F)F.[Ir]. The number of benzene rings is 3. The van der Waals surface area contributed by atoms with Gasteiger partial charge in [0.1, 0.15) is 0 Å². The number of carbonyl (C=O) groups is 1. The first-order valence-corrected chi connectivity index (χ1v) is 16.8. The fraction of sp³-hybridized carbons (Fsp3) is 0.368. The van der Waals surface area contributed by atoms with Crippen molar-refractivity contribution in [1.82, 2.24) is 4.98 Å². The molecule has 5 aromatic rings. The van der Waals surface area contributed by atoms with Crippen molar-refractivity contribution in [2.75, 3.05) is 0 Å². The number of alkyl halides is 3. The van der Waals surface area contributed by atoms with Crippen LogP contribution in [0.2, 0.25) is 0 Å². The number of halogens is 3. The van der Waals surface area contributed by atoms with Crippen molar-refractivity contribution >= 4 is 50.4 Å². The van der Waals surface area contributed by atoms with Crippen molar-refractivity contribution in [3.05, 3.63) is 89.8 Å². The van der Waals surface area contributed by atoms with Gasteiger partial charge in [0.15, 0.2) is 0 Å². The molecule has 0 saturated carbocycles. The number of aliphatic hydroxyl groups is 1. The molecule has 0 atom stereocenters. The van der Waals surface area contributed by atoms with E-state index in [0.29, 0.717) is 5.41 Å². The van der Waals surface area contributed by atoms with Gasteiger partial charge in [-0.3, -0.25) is 4.79 Å². The summed E-state index contributed by atoms with van der Waals surface area (Å²) >= 11 is 0.254. The molecule has 2 aromatic heterocycles. The molecule has 0 aliphatic carbocycles. The normalized spacial score (nSPS) is 12.7. The number of hydrogen-bond acceptors (Lipinski definition) is 3. The summed E-state index contributed by atoms with van der Waals surface area (Å²) in [6, 6.07) is 23.9. The minimum atomic E-state index is -4.90. The fourth-order valence-electron chi connectivity index (χ4n) is 5.35. The second-order valence-corrected chi connectivity index (χ2v) is 16.4. The van der Waals surface area contributed by atoms with Crippen LogP contribution in [0.3, 0.4) is 0 Å². The van der Waals surface area contributed by atoms with Gasteiger partial charge in [-0.25, -0.2) is 0 Å². The predicted octanol–water partition coefficient (Wildman–Crippen LogP) is 10.6. The van der Waals surface area contributed by atoms with Gasteiger partial charge in [-0.15, -0.1) is 0 Å². The molecule has 0 saturated heterocycles. The molecule has 46 heavy (non-hydrogen) atoms. The van der Waals surface area contributed by atoms with Gasteiger partial charge in [0, 0.05) is 32.6 Å². The van der Waals surface area contributed by atoms with Gasteiger partial charge in [0.25, 0.3) is 5.78 Å². The van der Waals surface area contributed by atoms with E-state index in [4.69, 9.17) is 10.1 Å². The Bertz CT molecular complexity index is 1880. The van der Waals surface area contributed by atoms with Crippen LogP contribution in [-0.4, -0.2) is 36.6 Å². The van der Waals surface area contributed by atoms with Gasteiger partial charge in [-0.2, -0.15) is 13.2 Å². The van der Waals surface area contributed by atoms with Crippen molar-refractivity contribution in [2.45, 2.75) is 79.8 Å². The quantitative estimate of drug-likeness (QED) is 0.0829. The summed E-state index contributed by atoms with van der Waals surface area (Å²) in [6.45, 7) is 17.2. The average Bonchev–Trinajstić information content (AvgIpc) is 3.28. The molecular formula is C38H41F3IrNO2Se-. The van der Waals surface area contributed by atoms with E-state index in [-0.39, 0.29) is 58.4 Å². The molecule has 0 fully saturated rings. The van der Waals surface area contributed by atoms with E-state index in [2.05, 4.69) is 102 Å². The Labute approximate surface area is 289 Å².